The first kappa shape index (κ1) is 17.1. The Bertz CT molecular complexity index is 867. The van der Waals surface area contributed by atoms with Crippen LogP contribution in [0.4, 0.5) is 0 Å². The summed E-state index contributed by atoms with van der Waals surface area (Å²) < 4.78 is 3.05. The quantitative estimate of drug-likeness (QED) is 0.794. The van der Waals surface area contributed by atoms with Gasteiger partial charge in [-0.25, -0.2) is 9.48 Å². The topological polar surface area (TPSA) is 77.2 Å². The van der Waals surface area contributed by atoms with Crippen LogP contribution in [0.15, 0.2) is 29.1 Å². The summed E-state index contributed by atoms with van der Waals surface area (Å²) in [5.74, 6) is 0.0902. The normalized spacial score (nSPS) is 14.3. The molecule has 2 amide bonds. The van der Waals surface area contributed by atoms with E-state index in [9.17, 15) is 14.4 Å². The average Bonchev–Trinajstić information content (AvgIpc) is 2.97. The Labute approximate surface area is 145 Å². The third kappa shape index (κ3) is 2.90. The Kier molecular flexibility index (Phi) is 4.10. The van der Waals surface area contributed by atoms with Crippen molar-refractivity contribution in [3.8, 4) is 0 Å². The smallest absolute Gasteiger partial charge is 0.279 e. The summed E-state index contributed by atoms with van der Waals surface area (Å²) in [4.78, 5) is 38.4. The molecule has 0 atom stereocenters. The number of hydrogen-bond acceptors (Lipinski definition) is 4. The summed E-state index contributed by atoms with van der Waals surface area (Å²) >= 11 is 0. The largest absolute Gasteiger partial charge is 0.346 e. The maximum atomic E-state index is 12.5. The zero-order valence-electron chi connectivity index (χ0n) is 14.9. The number of nitrogens with zero attached hydrogens (tertiary/aromatic N) is 4. The first-order valence-electron chi connectivity index (χ1n) is 8.34. The van der Waals surface area contributed by atoms with E-state index < -0.39 is 5.54 Å². The molecule has 0 aliphatic carbocycles. The second-order valence-corrected chi connectivity index (χ2v) is 7.23. The molecule has 0 unspecified atom stereocenters. The molecule has 1 aliphatic rings. The van der Waals surface area contributed by atoms with E-state index in [2.05, 4.69) is 5.10 Å². The van der Waals surface area contributed by atoms with Gasteiger partial charge in [-0.1, -0.05) is 12.1 Å². The molecule has 7 nitrogen and oxygen atoms in total. The molecule has 1 aromatic carbocycles. The van der Waals surface area contributed by atoms with Gasteiger partial charge < -0.3 is 0 Å². The molecule has 0 radical (unpaired) electrons. The van der Waals surface area contributed by atoms with Crippen LogP contribution in [0, 0.1) is 6.92 Å². The van der Waals surface area contributed by atoms with E-state index in [0.29, 0.717) is 29.9 Å². The third-order valence-electron chi connectivity index (χ3n) is 4.32. The zero-order valence-corrected chi connectivity index (χ0v) is 14.9. The van der Waals surface area contributed by atoms with E-state index in [1.54, 1.807) is 35.8 Å². The molecule has 1 aromatic heterocycles. The van der Waals surface area contributed by atoms with Gasteiger partial charge in [0.1, 0.15) is 5.82 Å². The highest BCUT2D eigenvalue weighted by Gasteiger charge is 2.34. The minimum atomic E-state index is -0.393. The van der Waals surface area contributed by atoms with Crippen LogP contribution >= 0.6 is 0 Å². The van der Waals surface area contributed by atoms with Crippen LogP contribution in [-0.2, 0) is 12.1 Å². The van der Waals surface area contributed by atoms with Crippen LogP contribution in [0.5, 0.6) is 0 Å². The van der Waals surface area contributed by atoms with Gasteiger partial charge in [-0.2, -0.15) is 5.10 Å². The Morgan fingerprint density at radius 1 is 0.960 bits per heavy atom. The average molecular weight is 342 g/mol. The lowest BCUT2D eigenvalue weighted by Gasteiger charge is -2.17. The number of hydrogen-bond donors (Lipinski definition) is 0. The Morgan fingerprint density at radius 2 is 1.52 bits per heavy atom. The van der Waals surface area contributed by atoms with Crippen molar-refractivity contribution in [3.05, 3.63) is 51.7 Å². The minimum absolute atomic E-state index is 0.174. The molecular formula is C18H22N4O3. The maximum Gasteiger partial charge on any atom is 0.346 e. The second-order valence-electron chi connectivity index (χ2n) is 7.23. The molecule has 2 aromatic rings. The Hall–Kier alpha value is -2.70. The van der Waals surface area contributed by atoms with Gasteiger partial charge in [-0.05, 0) is 46.2 Å². The molecule has 0 saturated carbocycles. The van der Waals surface area contributed by atoms with E-state index in [1.165, 1.54) is 9.58 Å². The number of amides is 2. The second kappa shape index (κ2) is 5.98. The van der Waals surface area contributed by atoms with Crippen molar-refractivity contribution in [2.24, 2.45) is 0 Å². The van der Waals surface area contributed by atoms with Crippen LogP contribution in [0.25, 0.3) is 0 Å². The number of benzene rings is 1. The van der Waals surface area contributed by atoms with Gasteiger partial charge in [0.15, 0.2) is 0 Å². The van der Waals surface area contributed by atoms with Gasteiger partial charge in [0.2, 0.25) is 0 Å². The first-order valence-corrected chi connectivity index (χ1v) is 8.34. The SMILES string of the molecule is Cc1nn(C(C)(C)C)c(=O)n1CCCN1C(=O)c2ccccc2C1=O. The van der Waals surface area contributed by atoms with E-state index in [-0.39, 0.29) is 24.0 Å². The highest BCUT2D eigenvalue weighted by molar-refractivity contribution is 6.21. The highest BCUT2D eigenvalue weighted by Crippen LogP contribution is 2.22. The number of carbonyl (C=O) groups excluding carboxylic acids is 2. The number of rotatable bonds is 4. The van der Waals surface area contributed by atoms with Gasteiger partial charge in [0.25, 0.3) is 11.8 Å². The molecular weight excluding hydrogens is 320 g/mol. The zero-order chi connectivity index (χ0) is 18.4. The summed E-state index contributed by atoms with van der Waals surface area (Å²) in [5, 5.41) is 4.31. The molecule has 1 aliphatic heterocycles. The Morgan fingerprint density at radius 3 is 2.00 bits per heavy atom. The van der Waals surface area contributed by atoms with Crippen molar-refractivity contribution in [3.63, 3.8) is 0 Å². The Balaban J connectivity index is 1.71. The van der Waals surface area contributed by atoms with E-state index in [0.717, 1.165) is 0 Å². The molecule has 3 rings (SSSR count). The van der Waals surface area contributed by atoms with Gasteiger partial charge in [-0.15, -0.1) is 0 Å². The summed E-state index contributed by atoms with van der Waals surface area (Å²) in [6.45, 7) is 8.23. The molecule has 0 bridgehead atoms. The van der Waals surface area contributed by atoms with Gasteiger partial charge in [0, 0.05) is 13.1 Å². The van der Waals surface area contributed by atoms with Gasteiger partial charge in [0.05, 0.1) is 16.7 Å². The van der Waals surface area contributed by atoms with Crippen LogP contribution in [0.1, 0.15) is 53.7 Å². The predicted octanol–water partition coefficient (Wildman–Crippen LogP) is 1.79. The molecule has 132 valence electrons. The summed E-state index contributed by atoms with van der Waals surface area (Å²) in [5.41, 5.74) is 0.325. The van der Waals surface area contributed by atoms with Crippen molar-refractivity contribution in [1.82, 2.24) is 19.2 Å². The lowest BCUT2D eigenvalue weighted by molar-refractivity contribution is 0.0650. The van der Waals surface area contributed by atoms with Gasteiger partial charge >= 0.3 is 5.69 Å². The van der Waals surface area contributed by atoms with E-state index in [1.807, 2.05) is 20.8 Å². The minimum Gasteiger partial charge on any atom is -0.279 e. The summed E-state index contributed by atoms with van der Waals surface area (Å²) in [6, 6.07) is 6.82. The summed E-state index contributed by atoms with van der Waals surface area (Å²) in [6.07, 6.45) is 0.502. The molecule has 0 saturated heterocycles. The molecule has 25 heavy (non-hydrogen) atoms. The predicted molar refractivity (Wildman–Crippen MR) is 92.6 cm³/mol. The van der Waals surface area contributed by atoms with Crippen LogP contribution in [0.2, 0.25) is 0 Å². The van der Waals surface area contributed by atoms with Crippen LogP contribution in [-0.4, -0.2) is 37.6 Å². The number of aryl methyl sites for hydroxylation is 1. The number of fused-ring (bicyclic) bond motifs is 1. The van der Waals surface area contributed by atoms with Crippen molar-refractivity contribution in [1.29, 1.82) is 0 Å². The van der Waals surface area contributed by atoms with Crippen molar-refractivity contribution >= 4 is 11.8 Å². The summed E-state index contributed by atoms with van der Waals surface area (Å²) in [7, 11) is 0. The molecule has 0 N–H and O–H groups in total. The van der Waals surface area contributed by atoms with E-state index >= 15 is 0 Å². The molecule has 2 heterocycles. The van der Waals surface area contributed by atoms with Crippen molar-refractivity contribution in [2.75, 3.05) is 6.54 Å². The van der Waals surface area contributed by atoms with Crippen LogP contribution < -0.4 is 5.69 Å². The lowest BCUT2D eigenvalue weighted by atomic mass is 10.1. The van der Waals surface area contributed by atoms with Crippen molar-refractivity contribution < 1.29 is 9.59 Å². The van der Waals surface area contributed by atoms with Crippen LogP contribution in [0.3, 0.4) is 0 Å². The monoisotopic (exact) mass is 342 g/mol. The fourth-order valence-electron chi connectivity index (χ4n) is 3.02. The molecule has 0 spiro atoms. The first-order chi connectivity index (χ1) is 11.7. The van der Waals surface area contributed by atoms with Gasteiger partial charge in [-0.3, -0.25) is 19.1 Å². The lowest BCUT2D eigenvalue weighted by Crippen LogP contribution is -2.36. The third-order valence-corrected chi connectivity index (χ3v) is 4.32. The number of imide groups is 1. The fourth-order valence-corrected chi connectivity index (χ4v) is 3.02. The standard InChI is InChI=1S/C18H22N4O3/c1-12-19-22(18(2,3)4)17(25)20(12)10-7-11-21-15(23)13-8-5-6-9-14(13)16(21)24/h5-6,8-9H,7,10-11H2,1-4H3. The van der Waals surface area contributed by atoms with E-state index in [4.69, 9.17) is 0 Å². The van der Waals surface area contributed by atoms with Crippen molar-refractivity contribution in [2.45, 2.75) is 46.2 Å². The highest BCUT2D eigenvalue weighted by atomic mass is 16.2. The molecule has 0 fully saturated rings. The number of aromatic nitrogens is 3. The number of carbonyl (C=O) groups is 2. The molecule has 7 heteroatoms. The fraction of sp³-hybridized carbons (Fsp3) is 0.444. The maximum absolute atomic E-state index is 12.5.